The number of rotatable bonds is 5. The second-order valence-electron chi connectivity index (χ2n) is 4.20. The summed E-state index contributed by atoms with van der Waals surface area (Å²) < 4.78 is 5.64. The molecule has 1 aromatic heterocycles. The van der Waals surface area contributed by atoms with E-state index in [2.05, 4.69) is 34.6 Å². The van der Waals surface area contributed by atoms with Gasteiger partial charge in [-0.1, -0.05) is 42.1 Å². The Morgan fingerprint density at radius 2 is 2.00 bits per heavy atom. The van der Waals surface area contributed by atoms with E-state index in [0.717, 1.165) is 23.2 Å². The molecular formula is C14H18N2OS. The average molecular weight is 262 g/mol. The van der Waals surface area contributed by atoms with Crippen LogP contribution in [0.1, 0.15) is 22.3 Å². The molecule has 2 rings (SSSR count). The Hall–Kier alpha value is -1.26. The van der Waals surface area contributed by atoms with E-state index in [-0.39, 0.29) is 0 Å². The van der Waals surface area contributed by atoms with E-state index < -0.39 is 0 Å². The van der Waals surface area contributed by atoms with E-state index in [1.54, 1.807) is 11.8 Å². The zero-order valence-corrected chi connectivity index (χ0v) is 11.8. The van der Waals surface area contributed by atoms with Crippen LogP contribution in [-0.4, -0.2) is 18.6 Å². The molecular weight excluding hydrogens is 244 g/mol. The van der Waals surface area contributed by atoms with Crippen LogP contribution in [0.2, 0.25) is 0 Å². The number of aromatic nitrogens is 1. The minimum absolute atomic E-state index is 0.314. The number of benzene rings is 1. The predicted octanol–water partition coefficient (Wildman–Crippen LogP) is 3.34. The van der Waals surface area contributed by atoms with Gasteiger partial charge in [0.25, 0.3) is 5.22 Å². The molecule has 0 saturated carbocycles. The van der Waals surface area contributed by atoms with E-state index in [1.165, 1.54) is 5.56 Å². The van der Waals surface area contributed by atoms with E-state index in [4.69, 9.17) is 4.42 Å². The standard InChI is InChI=1S/C14H18N2OS/c1-10-11(2)17-14(16-10)18-13(9-15-3)12-7-5-4-6-8-12/h4-8,13,15H,9H2,1-3H3. The third kappa shape index (κ3) is 3.15. The fourth-order valence-electron chi connectivity index (χ4n) is 1.70. The summed E-state index contributed by atoms with van der Waals surface area (Å²) in [5.41, 5.74) is 2.25. The first kappa shape index (κ1) is 13.2. The van der Waals surface area contributed by atoms with Gasteiger partial charge in [-0.15, -0.1) is 0 Å². The molecule has 0 radical (unpaired) electrons. The summed E-state index contributed by atoms with van der Waals surface area (Å²) >= 11 is 1.66. The fourth-order valence-corrected chi connectivity index (χ4v) is 2.85. The maximum absolute atomic E-state index is 5.64. The van der Waals surface area contributed by atoms with Crippen LogP contribution >= 0.6 is 11.8 Å². The van der Waals surface area contributed by atoms with Crippen molar-refractivity contribution in [3.63, 3.8) is 0 Å². The molecule has 2 aromatic rings. The summed E-state index contributed by atoms with van der Waals surface area (Å²) in [6.07, 6.45) is 0. The fraction of sp³-hybridized carbons (Fsp3) is 0.357. The molecule has 4 heteroatoms. The van der Waals surface area contributed by atoms with Crippen molar-refractivity contribution in [3.8, 4) is 0 Å². The Bertz CT molecular complexity index is 476. The summed E-state index contributed by atoms with van der Waals surface area (Å²) in [6, 6.07) is 10.4. The highest BCUT2D eigenvalue weighted by Crippen LogP contribution is 2.34. The first-order valence-electron chi connectivity index (χ1n) is 6.01. The predicted molar refractivity (Wildman–Crippen MR) is 74.9 cm³/mol. The van der Waals surface area contributed by atoms with Crippen LogP contribution in [0.3, 0.4) is 0 Å². The van der Waals surface area contributed by atoms with Crippen LogP contribution in [0, 0.1) is 13.8 Å². The third-order valence-electron chi connectivity index (χ3n) is 2.81. The number of hydrogen-bond acceptors (Lipinski definition) is 4. The zero-order chi connectivity index (χ0) is 13.0. The topological polar surface area (TPSA) is 38.1 Å². The van der Waals surface area contributed by atoms with Crippen LogP contribution in [-0.2, 0) is 0 Å². The summed E-state index contributed by atoms with van der Waals surface area (Å²) in [5.74, 6) is 0.897. The Kier molecular flexibility index (Phi) is 4.44. The molecule has 0 fully saturated rings. The van der Waals surface area contributed by atoms with E-state index in [0.29, 0.717) is 5.25 Å². The average Bonchev–Trinajstić information content (AvgIpc) is 2.69. The highest BCUT2D eigenvalue weighted by atomic mass is 32.2. The van der Waals surface area contributed by atoms with E-state index in [1.807, 2.05) is 27.0 Å². The molecule has 0 aliphatic rings. The highest BCUT2D eigenvalue weighted by Gasteiger charge is 2.16. The lowest BCUT2D eigenvalue weighted by Gasteiger charge is -2.14. The molecule has 0 bridgehead atoms. The van der Waals surface area contributed by atoms with Gasteiger partial charge in [-0.3, -0.25) is 0 Å². The zero-order valence-electron chi connectivity index (χ0n) is 10.9. The van der Waals surface area contributed by atoms with Crippen molar-refractivity contribution < 1.29 is 4.42 Å². The van der Waals surface area contributed by atoms with Gasteiger partial charge in [0.1, 0.15) is 5.76 Å². The lowest BCUT2D eigenvalue weighted by atomic mass is 10.1. The van der Waals surface area contributed by atoms with Crippen molar-refractivity contribution in [3.05, 3.63) is 47.3 Å². The number of nitrogens with zero attached hydrogens (tertiary/aromatic N) is 1. The minimum Gasteiger partial charge on any atom is -0.437 e. The second-order valence-corrected chi connectivity index (χ2v) is 5.35. The smallest absolute Gasteiger partial charge is 0.256 e. The van der Waals surface area contributed by atoms with Gasteiger partial charge in [0, 0.05) is 6.54 Å². The molecule has 3 nitrogen and oxygen atoms in total. The van der Waals surface area contributed by atoms with Crippen molar-refractivity contribution in [2.45, 2.75) is 24.3 Å². The monoisotopic (exact) mass is 262 g/mol. The number of likely N-dealkylation sites (N-methyl/N-ethyl adjacent to an activating group) is 1. The van der Waals surface area contributed by atoms with Gasteiger partial charge in [0.05, 0.1) is 10.9 Å². The second kappa shape index (κ2) is 6.07. The maximum atomic E-state index is 5.64. The first-order chi connectivity index (χ1) is 8.70. The van der Waals surface area contributed by atoms with Gasteiger partial charge in [-0.05, 0) is 26.5 Å². The maximum Gasteiger partial charge on any atom is 0.256 e. The van der Waals surface area contributed by atoms with Crippen LogP contribution in [0.15, 0.2) is 40.0 Å². The molecule has 0 spiro atoms. The van der Waals surface area contributed by atoms with E-state index in [9.17, 15) is 0 Å². The molecule has 0 saturated heterocycles. The molecule has 1 atom stereocenters. The Balaban J connectivity index is 2.16. The van der Waals surface area contributed by atoms with Gasteiger partial charge in [-0.2, -0.15) is 0 Å². The van der Waals surface area contributed by atoms with Crippen molar-refractivity contribution in [1.82, 2.24) is 10.3 Å². The molecule has 1 aromatic carbocycles. The molecule has 18 heavy (non-hydrogen) atoms. The van der Waals surface area contributed by atoms with Crippen LogP contribution < -0.4 is 5.32 Å². The van der Waals surface area contributed by atoms with Crippen molar-refractivity contribution in [2.24, 2.45) is 0 Å². The number of aryl methyl sites for hydroxylation is 2. The molecule has 96 valence electrons. The minimum atomic E-state index is 0.314. The number of oxazole rings is 1. The highest BCUT2D eigenvalue weighted by molar-refractivity contribution is 7.99. The van der Waals surface area contributed by atoms with Gasteiger partial charge in [0.2, 0.25) is 0 Å². The van der Waals surface area contributed by atoms with Crippen LogP contribution in [0.5, 0.6) is 0 Å². The number of thioether (sulfide) groups is 1. The van der Waals surface area contributed by atoms with Gasteiger partial charge >= 0.3 is 0 Å². The number of nitrogens with one attached hydrogen (secondary N) is 1. The Morgan fingerprint density at radius 1 is 1.28 bits per heavy atom. The Labute approximate surface area is 112 Å². The lowest BCUT2D eigenvalue weighted by Crippen LogP contribution is -2.14. The van der Waals surface area contributed by atoms with Crippen molar-refractivity contribution in [1.29, 1.82) is 0 Å². The van der Waals surface area contributed by atoms with Gasteiger partial charge in [-0.25, -0.2) is 4.98 Å². The third-order valence-corrected chi connectivity index (χ3v) is 3.91. The normalized spacial score (nSPS) is 12.6. The SMILES string of the molecule is CNCC(Sc1nc(C)c(C)o1)c1ccccc1. The van der Waals surface area contributed by atoms with Gasteiger partial charge < -0.3 is 9.73 Å². The van der Waals surface area contributed by atoms with Crippen LogP contribution in [0.4, 0.5) is 0 Å². The molecule has 1 heterocycles. The van der Waals surface area contributed by atoms with Crippen molar-refractivity contribution >= 4 is 11.8 Å². The molecule has 1 unspecified atom stereocenters. The molecule has 0 aliphatic carbocycles. The molecule has 0 amide bonds. The van der Waals surface area contributed by atoms with E-state index >= 15 is 0 Å². The summed E-state index contributed by atoms with van der Waals surface area (Å²) in [7, 11) is 1.96. The first-order valence-corrected chi connectivity index (χ1v) is 6.89. The lowest BCUT2D eigenvalue weighted by molar-refractivity contribution is 0.430. The summed E-state index contributed by atoms with van der Waals surface area (Å²) in [5, 5.41) is 4.28. The summed E-state index contributed by atoms with van der Waals surface area (Å²) in [4.78, 5) is 4.43. The van der Waals surface area contributed by atoms with Gasteiger partial charge in [0.15, 0.2) is 0 Å². The molecule has 1 N–H and O–H groups in total. The Morgan fingerprint density at radius 3 is 2.56 bits per heavy atom. The number of hydrogen-bond donors (Lipinski definition) is 1. The summed E-state index contributed by atoms with van der Waals surface area (Å²) in [6.45, 7) is 4.80. The van der Waals surface area contributed by atoms with Crippen molar-refractivity contribution in [2.75, 3.05) is 13.6 Å². The van der Waals surface area contributed by atoms with Crippen LogP contribution in [0.25, 0.3) is 0 Å². The largest absolute Gasteiger partial charge is 0.437 e. The quantitative estimate of drug-likeness (QED) is 0.839. The molecule has 0 aliphatic heterocycles.